The summed E-state index contributed by atoms with van der Waals surface area (Å²) in [5, 5.41) is 8.56. The Hall–Kier alpha value is -1.89. The molecule has 0 unspecified atom stereocenters. The fourth-order valence-electron chi connectivity index (χ4n) is 0.981. The van der Waals surface area contributed by atoms with E-state index in [0.717, 1.165) is 0 Å². The van der Waals surface area contributed by atoms with E-state index in [9.17, 15) is 8.78 Å². The molecule has 0 aliphatic rings. The van der Waals surface area contributed by atoms with E-state index in [0.29, 0.717) is 11.1 Å². The molecule has 0 amide bonds. The Morgan fingerprint density at radius 2 is 2.21 bits per heavy atom. The van der Waals surface area contributed by atoms with Crippen LogP contribution >= 0.6 is 0 Å². The lowest BCUT2D eigenvalue weighted by Gasteiger charge is -2.07. The van der Waals surface area contributed by atoms with Crippen LogP contribution in [0.3, 0.4) is 0 Å². The first-order chi connectivity index (χ1) is 6.67. The van der Waals surface area contributed by atoms with Crippen molar-refractivity contribution in [3.05, 3.63) is 35.9 Å². The molecule has 14 heavy (non-hydrogen) atoms. The largest absolute Gasteiger partial charge is 0.434 e. The van der Waals surface area contributed by atoms with E-state index in [1.54, 1.807) is 0 Å². The predicted octanol–water partition coefficient (Wildman–Crippen LogP) is 2.80. The lowest BCUT2D eigenvalue weighted by Crippen LogP contribution is -2.03. The predicted molar refractivity (Wildman–Crippen MR) is 47.9 cm³/mol. The van der Waals surface area contributed by atoms with Gasteiger partial charge < -0.3 is 4.74 Å². The second-order valence-corrected chi connectivity index (χ2v) is 2.45. The zero-order valence-electron chi connectivity index (χ0n) is 7.21. The average Bonchev–Trinajstić information content (AvgIpc) is 2.17. The Bertz CT molecular complexity index is 382. The van der Waals surface area contributed by atoms with Gasteiger partial charge in [-0.1, -0.05) is 12.7 Å². The molecule has 1 rings (SSSR count). The van der Waals surface area contributed by atoms with E-state index in [-0.39, 0.29) is 5.75 Å². The van der Waals surface area contributed by atoms with Gasteiger partial charge in [0.05, 0.1) is 11.6 Å². The normalized spacial score (nSPS) is 9.57. The van der Waals surface area contributed by atoms with Gasteiger partial charge in [-0.25, -0.2) is 0 Å². The number of nitriles is 1. The van der Waals surface area contributed by atoms with Crippen LogP contribution in [0.15, 0.2) is 24.8 Å². The summed E-state index contributed by atoms with van der Waals surface area (Å²) >= 11 is 0. The molecule has 1 aromatic rings. The highest BCUT2D eigenvalue weighted by atomic mass is 19.3. The molecule has 0 fully saturated rings. The standard InChI is InChI=1S/C10H7F2NO/c1-2-8-5-7(6-13)3-4-9(8)14-10(11)12/h2-5,10H,1H2. The fourth-order valence-corrected chi connectivity index (χ4v) is 0.981. The van der Waals surface area contributed by atoms with Crippen LogP contribution in [0.5, 0.6) is 5.75 Å². The highest BCUT2D eigenvalue weighted by Crippen LogP contribution is 2.22. The molecule has 0 aliphatic heterocycles. The summed E-state index contributed by atoms with van der Waals surface area (Å²) in [5.41, 5.74) is 0.755. The third-order valence-corrected chi connectivity index (χ3v) is 1.57. The number of halogens is 2. The number of nitrogens with zero attached hydrogens (tertiary/aromatic N) is 1. The van der Waals surface area contributed by atoms with Crippen LogP contribution < -0.4 is 4.74 Å². The summed E-state index contributed by atoms with van der Waals surface area (Å²) in [5.74, 6) is 0.0222. The van der Waals surface area contributed by atoms with Gasteiger partial charge >= 0.3 is 6.61 Å². The van der Waals surface area contributed by atoms with Gasteiger partial charge in [0.2, 0.25) is 0 Å². The smallest absolute Gasteiger partial charge is 0.387 e. The minimum atomic E-state index is -2.87. The van der Waals surface area contributed by atoms with Crippen LogP contribution in [0.1, 0.15) is 11.1 Å². The molecule has 72 valence electrons. The summed E-state index contributed by atoms with van der Waals surface area (Å²) in [4.78, 5) is 0. The van der Waals surface area contributed by atoms with E-state index >= 15 is 0 Å². The van der Waals surface area contributed by atoms with Gasteiger partial charge in [-0.3, -0.25) is 0 Å². The van der Waals surface area contributed by atoms with Gasteiger partial charge in [-0.15, -0.1) is 0 Å². The zero-order valence-corrected chi connectivity index (χ0v) is 7.21. The molecule has 0 aliphatic carbocycles. The summed E-state index contributed by atoms with van der Waals surface area (Å²) in [6.45, 7) is 0.566. The molecule has 0 saturated carbocycles. The van der Waals surface area contributed by atoms with Crippen molar-refractivity contribution in [3.8, 4) is 11.8 Å². The van der Waals surface area contributed by atoms with E-state index in [2.05, 4.69) is 11.3 Å². The maximum Gasteiger partial charge on any atom is 0.387 e. The second-order valence-electron chi connectivity index (χ2n) is 2.45. The molecule has 4 heteroatoms. The molecular formula is C10H7F2NO. The van der Waals surface area contributed by atoms with Gasteiger partial charge in [0.25, 0.3) is 0 Å². The Kier molecular flexibility index (Phi) is 3.19. The Labute approximate surface area is 80.0 Å². The van der Waals surface area contributed by atoms with Gasteiger partial charge in [-0.2, -0.15) is 14.0 Å². The van der Waals surface area contributed by atoms with Crippen molar-refractivity contribution >= 4 is 6.08 Å². The molecule has 2 nitrogen and oxygen atoms in total. The molecule has 0 atom stereocenters. The SMILES string of the molecule is C=Cc1cc(C#N)ccc1OC(F)F. The fraction of sp³-hybridized carbons (Fsp3) is 0.100. The lowest BCUT2D eigenvalue weighted by molar-refractivity contribution is -0.0499. The number of hydrogen-bond acceptors (Lipinski definition) is 2. The summed E-state index contributed by atoms with van der Waals surface area (Å²) in [6.07, 6.45) is 1.36. The third kappa shape index (κ3) is 2.30. The Balaban J connectivity index is 3.06. The Morgan fingerprint density at radius 3 is 2.71 bits per heavy atom. The first-order valence-corrected chi connectivity index (χ1v) is 3.78. The van der Waals surface area contributed by atoms with Crippen molar-refractivity contribution in [2.75, 3.05) is 0 Å². The summed E-state index contributed by atoms with van der Waals surface area (Å²) in [7, 11) is 0. The molecule has 0 heterocycles. The summed E-state index contributed by atoms with van der Waals surface area (Å²) in [6, 6.07) is 6.06. The molecule has 0 saturated heterocycles. The number of benzene rings is 1. The summed E-state index contributed by atoms with van der Waals surface area (Å²) < 4.78 is 28.0. The molecule has 0 aromatic heterocycles. The number of ether oxygens (including phenoxy) is 1. The zero-order chi connectivity index (χ0) is 10.6. The Morgan fingerprint density at radius 1 is 1.50 bits per heavy atom. The van der Waals surface area contributed by atoms with Crippen LogP contribution in [-0.4, -0.2) is 6.61 Å². The van der Waals surface area contributed by atoms with Crippen molar-refractivity contribution in [2.45, 2.75) is 6.61 Å². The maximum atomic E-state index is 11.9. The minimum absolute atomic E-state index is 0.0222. The first-order valence-electron chi connectivity index (χ1n) is 3.78. The van der Waals surface area contributed by atoms with Crippen LogP contribution in [0, 0.1) is 11.3 Å². The lowest BCUT2D eigenvalue weighted by atomic mass is 10.1. The second kappa shape index (κ2) is 4.38. The van der Waals surface area contributed by atoms with Crippen LogP contribution in [0.2, 0.25) is 0 Å². The van der Waals surface area contributed by atoms with E-state index in [1.165, 1.54) is 24.3 Å². The van der Waals surface area contributed by atoms with E-state index in [1.807, 2.05) is 6.07 Å². The highest BCUT2D eigenvalue weighted by Gasteiger charge is 2.07. The van der Waals surface area contributed by atoms with Crippen LogP contribution in [0.4, 0.5) is 8.78 Å². The minimum Gasteiger partial charge on any atom is -0.434 e. The number of hydrogen-bond donors (Lipinski definition) is 0. The van der Waals surface area contributed by atoms with Crippen molar-refractivity contribution in [1.82, 2.24) is 0 Å². The van der Waals surface area contributed by atoms with Gasteiger partial charge in [0.15, 0.2) is 0 Å². The van der Waals surface area contributed by atoms with E-state index < -0.39 is 6.61 Å². The van der Waals surface area contributed by atoms with Crippen LogP contribution in [0.25, 0.3) is 6.08 Å². The quantitative estimate of drug-likeness (QED) is 0.742. The van der Waals surface area contributed by atoms with Gasteiger partial charge in [0, 0.05) is 5.56 Å². The monoisotopic (exact) mass is 195 g/mol. The highest BCUT2D eigenvalue weighted by molar-refractivity contribution is 5.58. The van der Waals surface area contributed by atoms with Crippen molar-refractivity contribution in [3.63, 3.8) is 0 Å². The molecule has 0 spiro atoms. The number of alkyl halides is 2. The average molecular weight is 195 g/mol. The van der Waals surface area contributed by atoms with Crippen LogP contribution in [-0.2, 0) is 0 Å². The molecular weight excluding hydrogens is 188 g/mol. The third-order valence-electron chi connectivity index (χ3n) is 1.57. The maximum absolute atomic E-state index is 11.9. The topological polar surface area (TPSA) is 33.0 Å². The van der Waals surface area contributed by atoms with Crippen molar-refractivity contribution in [1.29, 1.82) is 5.26 Å². The molecule has 1 aromatic carbocycles. The molecule has 0 radical (unpaired) electrons. The van der Waals surface area contributed by atoms with Gasteiger partial charge in [-0.05, 0) is 18.2 Å². The molecule has 0 N–H and O–H groups in total. The first kappa shape index (κ1) is 10.2. The van der Waals surface area contributed by atoms with Gasteiger partial charge in [0.1, 0.15) is 5.75 Å². The molecule has 0 bridgehead atoms. The van der Waals surface area contributed by atoms with E-state index in [4.69, 9.17) is 5.26 Å². The number of rotatable bonds is 3. The van der Waals surface area contributed by atoms with Crippen molar-refractivity contribution in [2.24, 2.45) is 0 Å². The van der Waals surface area contributed by atoms with Crippen molar-refractivity contribution < 1.29 is 13.5 Å².